The Balaban J connectivity index is 1.64. The van der Waals surface area contributed by atoms with E-state index in [-0.39, 0.29) is 12.3 Å². The Morgan fingerprint density at radius 3 is 2.78 bits per heavy atom. The lowest BCUT2D eigenvalue weighted by Gasteiger charge is -2.12. The number of hydrogen-bond donors (Lipinski definition) is 1. The van der Waals surface area contributed by atoms with Gasteiger partial charge >= 0.3 is 0 Å². The van der Waals surface area contributed by atoms with Gasteiger partial charge in [-0.1, -0.05) is 48.3 Å². The van der Waals surface area contributed by atoms with Crippen LogP contribution in [0, 0.1) is 6.92 Å². The molecule has 1 aromatic heterocycles. The van der Waals surface area contributed by atoms with Gasteiger partial charge in [-0.15, -0.1) is 0 Å². The minimum absolute atomic E-state index is 0.0664. The number of carbonyl (C=O) groups is 1. The molecule has 3 aromatic rings. The second-order valence-corrected chi connectivity index (χ2v) is 7.10. The second kappa shape index (κ2) is 8.59. The molecule has 0 aliphatic heterocycles. The highest BCUT2D eigenvalue weighted by Crippen LogP contribution is 2.31. The molecule has 6 heteroatoms. The highest BCUT2D eigenvalue weighted by Gasteiger charge is 2.13. The van der Waals surface area contributed by atoms with E-state index in [2.05, 4.69) is 17.2 Å². The van der Waals surface area contributed by atoms with E-state index in [1.165, 1.54) is 0 Å². The minimum Gasteiger partial charge on any atom is -0.441 e. The van der Waals surface area contributed by atoms with Gasteiger partial charge in [-0.25, -0.2) is 4.98 Å². The van der Waals surface area contributed by atoms with E-state index in [1.807, 2.05) is 25.1 Å². The van der Waals surface area contributed by atoms with Crippen molar-refractivity contribution in [3.8, 4) is 11.3 Å². The molecule has 0 saturated carbocycles. The summed E-state index contributed by atoms with van der Waals surface area (Å²) in [5.74, 6) is 0.981. The van der Waals surface area contributed by atoms with Gasteiger partial charge in [-0.3, -0.25) is 4.79 Å². The van der Waals surface area contributed by atoms with Crippen molar-refractivity contribution in [2.45, 2.75) is 33.1 Å². The summed E-state index contributed by atoms with van der Waals surface area (Å²) in [5.41, 5.74) is 3.79. The summed E-state index contributed by atoms with van der Waals surface area (Å²) >= 11 is 12.1. The van der Waals surface area contributed by atoms with E-state index in [1.54, 1.807) is 24.4 Å². The first-order valence-corrected chi connectivity index (χ1v) is 9.52. The summed E-state index contributed by atoms with van der Waals surface area (Å²) in [5, 5.41) is 4.06. The number of anilines is 1. The number of nitrogens with one attached hydrogen (secondary N) is 1. The molecule has 140 valence electrons. The molecule has 27 heavy (non-hydrogen) atoms. The molecule has 0 bridgehead atoms. The largest absolute Gasteiger partial charge is 0.441 e. The number of benzene rings is 2. The smallest absolute Gasteiger partial charge is 0.224 e. The Hall–Kier alpha value is -2.30. The van der Waals surface area contributed by atoms with Crippen molar-refractivity contribution >= 4 is 34.8 Å². The second-order valence-electron chi connectivity index (χ2n) is 6.25. The molecule has 1 N–H and O–H groups in total. The Bertz CT molecular complexity index is 967. The predicted molar refractivity (Wildman–Crippen MR) is 109 cm³/mol. The number of oxazole rings is 1. The van der Waals surface area contributed by atoms with E-state index >= 15 is 0 Å². The third-order valence-electron chi connectivity index (χ3n) is 4.32. The number of amides is 1. The molecule has 0 aliphatic carbocycles. The molecule has 1 heterocycles. The van der Waals surface area contributed by atoms with E-state index in [0.717, 1.165) is 28.8 Å². The van der Waals surface area contributed by atoms with Crippen LogP contribution in [0.15, 0.2) is 47.0 Å². The molecule has 4 nitrogen and oxygen atoms in total. The third kappa shape index (κ3) is 4.71. The van der Waals surface area contributed by atoms with Crippen LogP contribution in [0.2, 0.25) is 10.0 Å². The lowest BCUT2D eigenvalue weighted by Crippen LogP contribution is -2.14. The van der Waals surface area contributed by atoms with E-state index in [4.69, 9.17) is 27.6 Å². The van der Waals surface area contributed by atoms with Crippen LogP contribution in [0.1, 0.15) is 30.4 Å². The minimum atomic E-state index is -0.0664. The Kier molecular flexibility index (Phi) is 6.19. The summed E-state index contributed by atoms with van der Waals surface area (Å²) in [6.07, 6.45) is 3.16. The van der Waals surface area contributed by atoms with Gasteiger partial charge in [0.2, 0.25) is 5.91 Å². The number of aryl methyl sites for hydroxylation is 3. The zero-order chi connectivity index (χ0) is 19.4. The standard InChI is InChI=1S/C21H20Cl2N2O2/c1-3-14-6-4-5-13(2)21(14)25-19(26)9-10-20-24-12-18(27-20)16-8-7-15(22)11-17(16)23/h4-8,11-12H,3,9-10H2,1-2H3,(H,25,26). The molecule has 2 aromatic carbocycles. The van der Waals surface area contributed by atoms with Gasteiger partial charge in [0, 0.05) is 29.1 Å². The molecular weight excluding hydrogens is 383 g/mol. The van der Waals surface area contributed by atoms with Crippen molar-refractivity contribution in [3.05, 3.63) is 69.7 Å². The molecule has 1 amide bonds. The normalized spacial score (nSPS) is 10.8. The van der Waals surface area contributed by atoms with Crippen LogP contribution in [-0.2, 0) is 17.6 Å². The van der Waals surface area contributed by atoms with Crippen molar-refractivity contribution in [1.29, 1.82) is 0 Å². The predicted octanol–water partition coefficient (Wildman–Crippen LogP) is 6.09. The van der Waals surface area contributed by atoms with Crippen molar-refractivity contribution in [1.82, 2.24) is 4.98 Å². The number of carbonyl (C=O) groups excluding carboxylic acids is 1. The van der Waals surface area contributed by atoms with Gasteiger partial charge in [0.25, 0.3) is 0 Å². The zero-order valence-corrected chi connectivity index (χ0v) is 16.7. The van der Waals surface area contributed by atoms with Crippen molar-refractivity contribution in [2.24, 2.45) is 0 Å². The van der Waals surface area contributed by atoms with Crippen molar-refractivity contribution < 1.29 is 9.21 Å². The first-order valence-electron chi connectivity index (χ1n) is 8.76. The highest BCUT2D eigenvalue weighted by molar-refractivity contribution is 6.36. The average Bonchev–Trinajstić information content (AvgIpc) is 3.10. The summed E-state index contributed by atoms with van der Waals surface area (Å²) in [4.78, 5) is 16.6. The third-order valence-corrected chi connectivity index (χ3v) is 4.87. The number of rotatable bonds is 6. The maximum atomic E-state index is 12.4. The molecule has 0 spiro atoms. The maximum absolute atomic E-state index is 12.4. The fourth-order valence-electron chi connectivity index (χ4n) is 2.86. The van der Waals surface area contributed by atoms with Gasteiger partial charge in [-0.2, -0.15) is 0 Å². The summed E-state index contributed by atoms with van der Waals surface area (Å²) in [6.45, 7) is 4.06. The van der Waals surface area contributed by atoms with E-state index in [0.29, 0.717) is 28.1 Å². The number of halogens is 2. The number of para-hydroxylation sites is 1. The molecule has 0 unspecified atom stereocenters. The van der Waals surface area contributed by atoms with Crippen LogP contribution in [0.5, 0.6) is 0 Å². The lowest BCUT2D eigenvalue weighted by atomic mass is 10.1. The molecule has 0 radical (unpaired) electrons. The monoisotopic (exact) mass is 402 g/mol. The van der Waals surface area contributed by atoms with Crippen LogP contribution < -0.4 is 5.32 Å². The van der Waals surface area contributed by atoms with Gasteiger partial charge in [0.15, 0.2) is 11.7 Å². The highest BCUT2D eigenvalue weighted by atomic mass is 35.5. The first kappa shape index (κ1) is 19.5. The molecule has 0 aliphatic rings. The summed E-state index contributed by atoms with van der Waals surface area (Å²) in [6, 6.07) is 11.2. The Morgan fingerprint density at radius 2 is 2.04 bits per heavy atom. The quantitative estimate of drug-likeness (QED) is 0.542. The van der Waals surface area contributed by atoms with Gasteiger partial charge < -0.3 is 9.73 Å². The van der Waals surface area contributed by atoms with E-state index < -0.39 is 0 Å². The summed E-state index contributed by atoms with van der Waals surface area (Å²) < 4.78 is 5.74. The molecule has 0 atom stereocenters. The number of aromatic nitrogens is 1. The first-order chi connectivity index (χ1) is 13.0. The number of nitrogens with zero attached hydrogens (tertiary/aromatic N) is 1. The van der Waals surface area contributed by atoms with E-state index in [9.17, 15) is 4.79 Å². The Labute approximate surface area is 168 Å². The van der Waals surface area contributed by atoms with Gasteiger partial charge in [0.1, 0.15) is 0 Å². The fraction of sp³-hybridized carbons (Fsp3) is 0.238. The molecule has 3 rings (SSSR count). The van der Waals surface area contributed by atoms with Crippen molar-refractivity contribution in [3.63, 3.8) is 0 Å². The fourth-order valence-corrected chi connectivity index (χ4v) is 3.37. The van der Waals surface area contributed by atoms with Crippen LogP contribution in [0.4, 0.5) is 5.69 Å². The molecule has 0 saturated heterocycles. The van der Waals surface area contributed by atoms with Crippen LogP contribution >= 0.6 is 23.2 Å². The van der Waals surface area contributed by atoms with Gasteiger partial charge in [-0.05, 0) is 42.7 Å². The topological polar surface area (TPSA) is 55.1 Å². The lowest BCUT2D eigenvalue weighted by molar-refractivity contribution is -0.116. The average molecular weight is 403 g/mol. The van der Waals surface area contributed by atoms with Gasteiger partial charge in [0.05, 0.1) is 11.2 Å². The number of hydrogen-bond acceptors (Lipinski definition) is 3. The van der Waals surface area contributed by atoms with Crippen LogP contribution in [0.3, 0.4) is 0 Å². The summed E-state index contributed by atoms with van der Waals surface area (Å²) in [7, 11) is 0. The zero-order valence-electron chi connectivity index (χ0n) is 15.2. The molecular formula is C21H20Cl2N2O2. The Morgan fingerprint density at radius 1 is 1.22 bits per heavy atom. The SMILES string of the molecule is CCc1cccc(C)c1NC(=O)CCc1ncc(-c2ccc(Cl)cc2Cl)o1. The van der Waals surface area contributed by atoms with Crippen molar-refractivity contribution in [2.75, 3.05) is 5.32 Å². The molecule has 0 fully saturated rings. The van der Waals surface area contributed by atoms with Crippen LogP contribution in [-0.4, -0.2) is 10.9 Å². The maximum Gasteiger partial charge on any atom is 0.224 e. The van der Waals surface area contributed by atoms with Crippen LogP contribution in [0.25, 0.3) is 11.3 Å².